The lowest BCUT2D eigenvalue weighted by molar-refractivity contribution is -0.122. The fraction of sp³-hybridized carbons (Fsp3) is 0.594. The zero-order chi connectivity index (χ0) is 34.2. The lowest BCUT2D eigenvalue weighted by Crippen LogP contribution is -2.38. The van der Waals surface area contributed by atoms with Crippen molar-refractivity contribution in [2.75, 3.05) is 19.8 Å². The molecule has 2 amide bonds. The Morgan fingerprint density at radius 1 is 1.21 bits per heavy atom. The number of carbonyl (C=O) groups excluding carboxylic acids is 2. The Hall–Kier alpha value is -3.88. The zero-order valence-corrected chi connectivity index (χ0v) is 26.9. The van der Waals surface area contributed by atoms with E-state index in [-0.39, 0.29) is 37.5 Å². The Bertz CT molecular complexity index is 1530. The van der Waals surface area contributed by atoms with Gasteiger partial charge >= 0.3 is 6.18 Å². The average molecular weight is 668 g/mol. The largest absolute Gasteiger partial charge is 0.386 e. The first-order chi connectivity index (χ1) is 22.2. The number of nitrogens with one attached hydrogen (secondary N) is 2. The second kappa shape index (κ2) is 15.8. The molecule has 6 rings (SSSR count). The summed E-state index contributed by atoms with van der Waals surface area (Å²) in [6.45, 7) is 6.74. The number of fused-ring (bicyclic) bond motifs is 1. The Morgan fingerprint density at radius 3 is 2.51 bits per heavy atom. The highest BCUT2D eigenvalue weighted by Crippen LogP contribution is 2.41. The Morgan fingerprint density at radius 2 is 1.94 bits per heavy atom. The van der Waals surface area contributed by atoms with Crippen molar-refractivity contribution in [1.29, 1.82) is 0 Å². The van der Waals surface area contributed by atoms with Crippen molar-refractivity contribution >= 4 is 23.0 Å². The third-order valence-corrected chi connectivity index (χ3v) is 8.20. The molecule has 0 bridgehead atoms. The number of rotatable bonds is 6. The topological polar surface area (TPSA) is 115 Å². The molecule has 2 fully saturated rings. The molecule has 258 valence electrons. The van der Waals surface area contributed by atoms with Crippen molar-refractivity contribution in [2.45, 2.75) is 96.8 Å². The van der Waals surface area contributed by atoms with Crippen LogP contribution in [0.2, 0.25) is 0 Å². The van der Waals surface area contributed by atoms with Crippen LogP contribution in [0.3, 0.4) is 0 Å². The number of amides is 2. The quantitative estimate of drug-likeness (QED) is 0.302. The van der Waals surface area contributed by atoms with Gasteiger partial charge in [-0.05, 0) is 69.6 Å². The number of imidazole rings is 1. The van der Waals surface area contributed by atoms with E-state index in [1.807, 2.05) is 19.9 Å². The second-order valence-electron chi connectivity index (χ2n) is 11.9. The molecule has 0 aromatic carbocycles. The third kappa shape index (κ3) is 10.6. The van der Waals surface area contributed by atoms with E-state index >= 15 is 0 Å². The summed E-state index contributed by atoms with van der Waals surface area (Å²) < 4.78 is 67.7. The van der Waals surface area contributed by atoms with Gasteiger partial charge in [-0.15, -0.1) is 0 Å². The summed E-state index contributed by atoms with van der Waals surface area (Å²) in [5, 5.41) is 14.7. The maximum absolute atomic E-state index is 13.9. The highest BCUT2D eigenvalue weighted by molar-refractivity contribution is 5.92. The van der Waals surface area contributed by atoms with Crippen LogP contribution < -0.4 is 10.6 Å². The lowest BCUT2D eigenvalue weighted by Gasteiger charge is -2.33. The van der Waals surface area contributed by atoms with Crippen LogP contribution in [0, 0.1) is 12.8 Å². The Kier molecular flexibility index (Phi) is 12.1. The second-order valence-corrected chi connectivity index (χ2v) is 11.9. The van der Waals surface area contributed by atoms with Crippen LogP contribution in [-0.4, -0.2) is 68.1 Å². The first-order valence-electron chi connectivity index (χ1n) is 15.9. The minimum atomic E-state index is -4.00. The zero-order valence-electron chi connectivity index (χ0n) is 26.9. The highest BCUT2D eigenvalue weighted by Gasteiger charge is 2.39. The van der Waals surface area contributed by atoms with Gasteiger partial charge in [-0.1, -0.05) is 6.08 Å². The molecular weight excluding hydrogens is 625 g/mol. The minimum Gasteiger partial charge on any atom is -0.377 e. The number of carbonyl (C=O) groups is 2. The molecule has 0 radical (unpaired) electrons. The van der Waals surface area contributed by atoms with E-state index in [0.717, 1.165) is 43.5 Å². The summed E-state index contributed by atoms with van der Waals surface area (Å²) in [6.07, 6.45) is 5.47. The van der Waals surface area contributed by atoms with Gasteiger partial charge in [-0.3, -0.25) is 14.3 Å². The summed E-state index contributed by atoms with van der Waals surface area (Å²) >= 11 is 0. The lowest BCUT2D eigenvalue weighted by atomic mass is 9.81. The molecule has 3 aromatic rings. The number of aromatic nitrogens is 5. The van der Waals surface area contributed by atoms with Gasteiger partial charge in [0.2, 0.25) is 11.8 Å². The smallest absolute Gasteiger partial charge is 0.377 e. The van der Waals surface area contributed by atoms with Gasteiger partial charge in [0.1, 0.15) is 5.69 Å². The number of hydrogen-bond donors (Lipinski definition) is 2. The normalized spacial score (nSPS) is 19.0. The van der Waals surface area contributed by atoms with Gasteiger partial charge in [-0.25, -0.2) is 18.3 Å². The van der Waals surface area contributed by atoms with E-state index < -0.39 is 18.1 Å². The molecule has 3 aliphatic rings. The van der Waals surface area contributed by atoms with Crippen molar-refractivity contribution in [2.24, 2.45) is 5.92 Å². The van der Waals surface area contributed by atoms with Crippen molar-refractivity contribution in [3.8, 4) is 0 Å². The SMILES string of the molecule is CC(F)(F)F.CCn1nccc1C(=O)NC(c1cn2nc(C)c(C3=CCOCC3)cc2n1)C1CCC(F)(F)CC1.O=C1CCCCN1. The number of nitrogens with zero attached hydrogens (tertiary/aromatic N) is 5. The number of alkyl halides is 5. The molecule has 2 aliphatic heterocycles. The van der Waals surface area contributed by atoms with Crippen LogP contribution in [0.4, 0.5) is 22.0 Å². The van der Waals surface area contributed by atoms with Gasteiger partial charge in [0.15, 0.2) is 5.65 Å². The maximum Gasteiger partial charge on any atom is 0.386 e. The molecule has 1 unspecified atom stereocenters. The first kappa shape index (κ1) is 36.0. The van der Waals surface area contributed by atoms with Gasteiger partial charge in [-0.2, -0.15) is 23.4 Å². The summed E-state index contributed by atoms with van der Waals surface area (Å²) in [7, 11) is 0. The maximum atomic E-state index is 13.9. The predicted octanol–water partition coefficient (Wildman–Crippen LogP) is 6.21. The first-order valence-corrected chi connectivity index (χ1v) is 15.9. The Labute approximate surface area is 270 Å². The number of ether oxygens (including phenoxy) is 1. The highest BCUT2D eigenvalue weighted by atomic mass is 19.4. The van der Waals surface area contributed by atoms with Crippen LogP contribution in [0.5, 0.6) is 0 Å². The number of hydrogen-bond acceptors (Lipinski definition) is 6. The standard InChI is InChI=1S/C25H30F2N6O2.C5H9NO.C2H3F3/c1-3-32-21(6-11-28-32)24(34)30-23(18-4-9-25(26,27)10-5-18)20-15-33-22(29-20)14-19(16(2)31-33)17-7-12-35-13-8-17;7-5-3-1-2-4-6-5;1-2(3,4)5/h6-7,11,14-15,18,23H,3-5,8-10,12-13H2,1-2H3,(H,30,34);1-4H2,(H,6,7);1H3. The molecule has 47 heavy (non-hydrogen) atoms. The molecule has 1 aliphatic carbocycles. The molecule has 0 spiro atoms. The number of halogens is 5. The summed E-state index contributed by atoms with van der Waals surface area (Å²) in [6, 6.07) is 3.16. The molecule has 2 N–H and O–H groups in total. The van der Waals surface area contributed by atoms with Crippen LogP contribution in [0.25, 0.3) is 11.2 Å². The van der Waals surface area contributed by atoms with Crippen LogP contribution in [-0.2, 0) is 16.1 Å². The van der Waals surface area contributed by atoms with Gasteiger partial charge in [0.25, 0.3) is 5.91 Å². The van der Waals surface area contributed by atoms with E-state index in [9.17, 15) is 31.5 Å². The molecular formula is C32H42F5N7O3. The number of piperidine rings is 1. The number of aryl methyl sites for hydroxylation is 2. The van der Waals surface area contributed by atoms with E-state index in [4.69, 9.17) is 14.8 Å². The molecule has 1 atom stereocenters. The van der Waals surface area contributed by atoms with Gasteiger partial charge in [0.05, 0.1) is 36.8 Å². The summed E-state index contributed by atoms with van der Waals surface area (Å²) in [5.74, 6) is -2.89. The average Bonchev–Trinajstić information content (AvgIpc) is 3.67. The van der Waals surface area contributed by atoms with Crippen molar-refractivity contribution < 1.29 is 36.3 Å². The van der Waals surface area contributed by atoms with E-state index in [1.54, 1.807) is 27.7 Å². The molecule has 1 saturated carbocycles. The minimum absolute atomic E-state index is 0.153. The molecule has 10 nitrogen and oxygen atoms in total. The van der Waals surface area contributed by atoms with E-state index in [2.05, 4.69) is 21.8 Å². The van der Waals surface area contributed by atoms with Crippen LogP contribution >= 0.6 is 0 Å². The fourth-order valence-electron chi connectivity index (χ4n) is 5.83. The van der Waals surface area contributed by atoms with Crippen LogP contribution in [0.15, 0.2) is 30.6 Å². The van der Waals surface area contributed by atoms with Crippen molar-refractivity contribution in [3.05, 3.63) is 53.2 Å². The van der Waals surface area contributed by atoms with E-state index in [0.29, 0.717) is 49.6 Å². The van der Waals surface area contributed by atoms with Crippen molar-refractivity contribution in [1.82, 2.24) is 35.0 Å². The monoisotopic (exact) mass is 667 g/mol. The van der Waals surface area contributed by atoms with E-state index in [1.165, 1.54) is 5.57 Å². The summed E-state index contributed by atoms with van der Waals surface area (Å²) in [4.78, 5) is 28.3. The molecule has 3 aromatic heterocycles. The fourth-order valence-corrected chi connectivity index (χ4v) is 5.83. The molecule has 5 heterocycles. The molecule has 1 saturated heterocycles. The third-order valence-electron chi connectivity index (χ3n) is 8.20. The molecule has 15 heteroatoms. The van der Waals surface area contributed by atoms with Gasteiger partial charge < -0.3 is 15.4 Å². The van der Waals surface area contributed by atoms with Crippen molar-refractivity contribution in [3.63, 3.8) is 0 Å². The van der Waals surface area contributed by atoms with Gasteiger partial charge in [0, 0.05) is 51.0 Å². The van der Waals surface area contributed by atoms with Crippen LogP contribution in [0.1, 0.15) is 98.7 Å². The predicted molar refractivity (Wildman–Crippen MR) is 165 cm³/mol. The summed E-state index contributed by atoms with van der Waals surface area (Å²) in [5.41, 5.74) is 4.81. The Balaban J connectivity index is 0.000000352.